The Morgan fingerprint density at radius 3 is 2.63 bits per heavy atom. The minimum absolute atomic E-state index is 0.0205. The summed E-state index contributed by atoms with van der Waals surface area (Å²) in [5.41, 5.74) is -0.111. The van der Waals surface area contributed by atoms with Gasteiger partial charge in [0.15, 0.2) is 0 Å². The first kappa shape index (κ1) is 15.0. The molecule has 1 N–H and O–H groups in total. The minimum Gasteiger partial charge on any atom is -0.368 e. The highest BCUT2D eigenvalue weighted by molar-refractivity contribution is 7.10. The van der Waals surface area contributed by atoms with E-state index in [0.29, 0.717) is 12.1 Å². The first-order valence-corrected chi connectivity index (χ1v) is 8.21. The van der Waals surface area contributed by atoms with E-state index < -0.39 is 0 Å². The van der Waals surface area contributed by atoms with Gasteiger partial charge in [0, 0.05) is 17.0 Å². The first-order valence-electron chi connectivity index (χ1n) is 7.34. The second-order valence-corrected chi connectivity index (χ2v) is 7.72. The van der Waals surface area contributed by atoms with Crippen LogP contribution in [-0.4, -0.2) is 17.2 Å². The van der Waals surface area contributed by atoms with Crippen LogP contribution in [0.15, 0.2) is 17.5 Å². The number of rotatable bonds is 5. The van der Waals surface area contributed by atoms with Gasteiger partial charge in [-0.1, -0.05) is 19.4 Å². The Morgan fingerprint density at radius 2 is 2.16 bits per heavy atom. The maximum absolute atomic E-state index is 6.19. The molecule has 1 aromatic rings. The smallest absolute Gasteiger partial charge is 0.0787 e. The summed E-state index contributed by atoms with van der Waals surface area (Å²) in [6.07, 6.45) is 3.46. The second-order valence-electron chi connectivity index (χ2n) is 6.75. The van der Waals surface area contributed by atoms with E-state index in [2.05, 4.69) is 57.4 Å². The van der Waals surface area contributed by atoms with Gasteiger partial charge in [0.05, 0.1) is 11.2 Å². The molecule has 19 heavy (non-hydrogen) atoms. The highest BCUT2D eigenvalue weighted by Gasteiger charge is 2.46. The first-order chi connectivity index (χ1) is 8.84. The van der Waals surface area contributed by atoms with E-state index in [0.717, 1.165) is 6.42 Å². The second kappa shape index (κ2) is 5.55. The molecule has 108 valence electrons. The van der Waals surface area contributed by atoms with Gasteiger partial charge in [-0.3, -0.25) is 0 Å². The lowest BCUT2D eigenvalue weighted by molar-refractivity contribution is -0.0705. The highest BCUT2D eigenvalue weighted by Crippen LogP contribution is 2.39. The summed E-state index contributed by atoms with van der Waals surface area (Å²) in [7, 11) is 0. The monoisotopic (exact) mass is 281 g/mol. The summed E-state index contributed by atoms with van der Waals surface area (Å²) in [5, 5.41) is 6.02. The normalized spacial score (nSPS) is 26.5. The Morgan fingerprint density at radius 1 is 1.42 bits per heavy atom. The van der Waals surface area contributed by atoms with E-state index in [9.17, 15) is 0 Å². The molecule has 1 fully saturated rings. The van der Waals surface area contributed by atoms with Gasteiger partial charge in [-0.15, -0.1) is 11.3 Å². The molecule has 1 aromatic heterocycles. The molecule has 0 amide bonds. The molecule has 2 atom stereocenters. The summed E-state index contributed by atoms with van der Waals surface area (Å²) in [4.78, 5) is 1.45. The fourth-order valence-electron chi connectivity index (χ4n) is 3.15. The lowest BCUT2D eigenvalue weighted by Gasteiger charge is -2.31. The molecule has 0 aliphatic carbocycles. The van der Waals surface area contributed by atoms with E-state index in [1.54, 1.807) is 0 Å². The lowest BCUT2D eigenvalue weighted by atomic mass is 9.93. The quantitative estimate of drug-likeness (QED) is 0.856. The maximum atomic E-state index is 6.19. The van der Waals surface area contributed by atoms with Gasteiger partial charge in [-0.2, -0.15) is 0 Å². The third-order valence-electron chi connectivity index (χ3n) is 3.94. The largest absolute Gasteiger partial charge is 0.368 e. The van der Waals surface area contributed by atoms with Gasteiger partial charge in [0.2, 0.25) is 0 Å². The van der Waals surface area contributed by atoms with Gasteiger partial charge in [0.25, 0.3) is 0 Å². The van der Waals surface area contributed by atoms with E-state index in [4.69, 9.17) is 4.74 Å². The maximum Gasteiger partial charge on any atom is 0.0787 e. The van der Waals surface area contributed by atoms with Crippen molar-refractivity contribution in [2.45, 2.75) is 77.2 Å². The predicted molar refractivity (Wildman–Crippen MR) is 82.8 cm³/mol. The predicted octanol–water partition coefficient (Wildman–Crippen LogP) is 4.53. The summed E-state index contributed by atoms with van der Waals surface area (Å²) in [5.74, 6) is 0. The molecule has 1 saturated heterocycles. The van der Waals surface area contributed by atoms with Crippen molar-refractivity contribution in [3.63, 3.8) is 0 Å². The topological polar surface area (TPSA) is 21.3 Å². The van der Waals surface area contributed by atoms with Crippen molar-refractivity contribution in [2.24, 2.45) is 0 Å². The van der Waals surface area contributed by atoms with Crippen LogP contribution in [0.2, 0.25) is 0 Å². The van der Waals surface area contributed by atoms with Crippen molar-refractivity contribution in [2.75, 3.05) is 0 Å². The molecule has 2 nitrogen and oxygen atoms in total. The van der Waals surface area contributed by atoms with Crippen molar-refractivity contribution in [3.05, 3.63) is 22.4 Å². The molecular formula is C16H27NOS. The lowest BCUT2D eigenvalue weighted by Crippen LogP contribution is -2.44. The number of ether oxygens (including phenoxy) is 1. The summed E-state index contributed by atoms with van der Waals surface area (Å²) in [6, 6.07) is 5.27. The molecule has 2 heterocycles. The van der Waals surface area contributed by atoms with E-state index in [-0.39, 0.29) is 11.2 Å². The van der Waals surface area contributed by atoms with Crippen LogP contribution in [0.25, 0.3) is 0 Å². The molecule has 3 heteroatoms. The third-order valence-corrected chi connectivity index (χ3v) is 4.93. The summed E-state index contributed by atoms with van der Waals surface area (Å²) >= 11 is 1.85. The van der Waals surface area contributed by atoms with E-state index in [1.807, 2.05) is 11.3 Å². The number of hydrogen-bond donors (Lipinski definition) is 1. The van der Waals surface area contributed by atoms with Crippen LogP contribution in [0.3, 0.4) is 0 Å². The molecule has 2 unspecified atom stereocenters. The van der Waals surface area contributed by atoms with Crippen molar-refractivity contribution in [1.29, 1.82) is 0 Å². The molecular weight excluding hydrogens is 254 g/mol. The zero-order valence-electron chi connectivity index (χ0n) is 12.8. The summed E-state index contributed by atoms with van der Waals surface area (Å²) < 4.78 is 6.19. The molecule has 1 aliphatic rings. The standard InChI is InChI=1S/C16H27NOS/c1-6-8-12(13-9-7-10-19-13)17-14-11-15(2,3)18-16(14,4)5/h7,9-10,12,14,17H,6,8,11H2,1-5H3. The van der Waals surface area contributed by atoms with Gasteiger partial charge in [0.1, 0.15) is 0 Å². The van der Waals surface area contributed by atoms with E-state index >= 15 is 0 Å². The number of nitrogens with one attached hydrogen (secondary N) is 1. The SMILES string of the molecule is CCCC(NC1CC(C)(C)OC1(C)C)c1cccs1. The van der Waals surface area contributed by atoms with Gasteiger partial charge in [-0.25, -0.2) is 0 Å². The number of hydrogen-bond acceptors (Lipinski definition) is 3. The van der Waals surface area contributed by atoms with Crippen LogP contribution < -0.4 is 5.32 Å². The summed E-state index contributed by atoms with van der Waals surface area (Å²) in [6.45, 7) is 11.0. The fraction of sp³-hybridized carbons (Fsp3) is 0.750. The Balaban J connectivity index is 2.09. The fourth-order valence-corrected chi connectivity index (χ4v) is 3.97. The Kier molecular flexibility index (Phi) is 4.38. The molecule has 0 spiro atoms. The van der Waals surface area contributed by atoms with Crippen molar-refractivity contribution in [3.8, 4) is 0 Å². The van der Waals surface area contributed by atoms with Crippen LogP contribution in [0.1, 0.15) is 64.8 Å². The van der Waals surface area contributed by atoms with E-state index in [1.165, 1.54) is 17.7 Å². The zero-order valence-corrected chi connectivity index (χ0v) is 13.6. The Labute approximate surface area is 121 Å². The van der Waals surface area contributed by atoms with Gasteiger partial charge < -0.3 is 10.1 Å². The van der Waals surface area contributed by atoms with Crippen molar-refractivity contribution < 1.29 is 4.74 Å². The molecule has 0 aromatic carbocycles. The molecule has 0 radical (unpaired) electrons. The minimum atomic E-state index is -0.0905. The van der Waals surface area contributed by atoms with Gasteiger partial charge >= 0.3 is 0 Å². The molecule has 0 bridgehead atoms. The third kappa shape index (κ3) is 3.59. The van der Waals surface area contributed by atoms with Crippen LogP contribution in [0.5, 0.6) is 0 Å². The van der Waals surface area contributed by atoms with Crippen LogP contribution in [-0.2, 0) is 4.74 Å². The molecule has 0 saturated carbocycles. The van der Waals surface area contributed by atoms with Crippen molar-refractivity contribution in [1.82, 2.24) is 5.32 Å². The molecule has 1 aliphatic heterocycles. The zero-order chi connectivity index (χ0) is 14.1. The molecule has 2 rings (SSSR count). The average molecular weight is 281 g/mol. The average Bonchev–Trinajstić information content (AvgIpc) is 2.84. The van der Waals surface area contributed by atoms with Crippen LogP contribution in [0, 0.1) is 0 Å². The Bertz CT molecular complexity index is 397. The van der Waals surface area contributed by atoms with Crippen LogP contribution in [0.4, 0.5) is 0 Å². The Hall–Kier alpha value is -0.380. The van der Waals surface area contributed by atoms with Gasteiger partial charge in [-0.05, 0) is 52.0 Å². The highest BCUT2D eigenvalue weighted by atomic mass is 32.1. The van der Waals surface area contributed by atoms with Crippen molar-refractivity contribution >= 4 is 11.3 Å². The van der Waals surface area contributed by atoms with Crippen LogP contribution >= 0.6 is 11.3 Å². The number of thiophene rings is 1.